The number of nitrogens with one attached hydrogen (secondary N) is 2. The van der Waals surface area contributed by atoms with Crippen LogP contribution in [0.2, 0.25) is 0 Å². The third-order valence-electron chi connectivity index (χ3n) is 5.00. The molecule has 2 N–H and O–H groups in total. The summed E-state index contributed by atoms with van der Waals surface area (Å²) in [5, 5.41) is 5.92. The van der Waals surface area contributed by atoms with Gasteiger partial charge in [0, 0.05) is 6.92 Å². The smallest absolute Gasteiger partial charge is 0.223 e. The number of benzene rings is 2. The van der Waals surface area contributed by atoms with Crippen LogP contribution in [0.25, 0.3) is 0 Å². The second kappa shape index (κ2) is 9.07. The number of amides is 2. The Morgan fingerprint density at radius 3 is 2.37 bits per heavy atom. The number of ether oxygens (including phenoxy) is 3. The maximum Gasteiger partial charge on any atom is 0.223 e. The van der Waals surface area contributed by atoms with Crippen LogP contribution in [0.3, 0.4) is 0 Å². The lowest BCUT2D eigenvalue weighted by molar-refractivity contribution is -0.124. The Labute approximate surface area is 176 Å². The summed E-state index contributed by atoms with van der Waals surface area (Å²) in [7, 11) is 1.59. The number of rotatable bonds is 7. The van der Waals surface area contributed by atoms with Gasteiger partial charge in [-0.3, -0.25) is 9.59 Å². The largest absolute Gasteiger partial charge is 0.497 e. The van der Waals surface area contributed by atoms with E-state index in [9.17, 15) is 9.59 Å². The summed E-state index contributed by atoms with van der Waals surface area (Å²) >= 11 is 0. The van der Waals surface area contributed by atoms with E-state index in [1.807, 2.05) is 44.2 Å². The summed E-state index contributed by atoms with van der Waals surface area (Å²) in [6, 6.07) is 12.5. The number of hydrogen-bond acceptors (Lipinski definition) is 5. The zero-order chi connectivity index (χ0) is 21.7. The van der Waals surface area contributed by atoms with Crippen LogP contribution in [0.15, 0.2) is 42.5 Å². The maximum atomic E-state index is 12.9. The van der Waals surface area contributed by atoms with Gasteiger partial charge in [0.1, 0.15) is 19.0 Å². The van der Waals surface area contributed by atoms with Gasteiger partial charge < -0.3 is 24.8 Å². The molecule has 0 saturated carbocycles. The van der Waals surface area contributed by atoms with Crippen molar-refractivity contribution in [2.24, 2.45) is 0 Å². The fourth-order valence-electron chi connectivity index (χ4n) is 3.42. The first-order chi connectivity index (χ1) is 14.3. The minimum Gasteiger partial charge on any atom is -0.497 e. The average molecular weight is 412 g/mol. The third-order valence-corrected chi connectivity index (χ3v) is 5.00. The van der Waals surface area contributed by atoms with Crippen molar-refractivity contribution >= 4 is 11.8 Å². The van der Waals surface area contributed by atoms with Gasteiger partial charge >= 0.3 is 0 Å². The zero-order valence-electron chi connectivity index (χ0n) is 17.8. The molecule has 7 heteroatoms. The van der Waals surface area contributed by atoms with Crippen LogP contribution >= 0.6 is 0 Å². The molecular formula is C23H28N2O5. The fourth-order valence-corrected chi connectivity index (χ4v) is 3.42. The monoisotopic (exact) mass is 412 g/mol. The molecule has 1 heterocycles. The standard InChI is InChI=1S/C23H28N2O5/c1-15(26)24-19(16-5-8-18(28-4)9-6-16)14-22(27)25-23(2,3)17-7-10-20-21(13-17)30-12-11-29-20/h5-10,13,19H,11-12,14H2,1-4H3,(H,24,26)(H,25,27). The van der Waals surface area contributed by atoms with E-state index >= 15 is 0 Å². The van der Waals surface area contributed by atoms with Crippen molar-refractivity contribution in [3.63, 3.8) is 0 Å². The van der Waals surface area contributed by atoms with E-state index in [2.05, 4.69) is 10.6 Å². The van der Waals surface area contributed by atoms with Gasteiger partial charge in [0.15, 0.2) is 11.5 Å². The minimum absolute atomic E-state index is 0.111. The van der Waals surface area contributed by atoms with Gasteiger partial charge in [-0.05, 0) is 49.2 Å². The first kappa shape index (κ1) is 21.5. The van der Waals surface area contributed by atoms with Crippen LogP contribution in [0.1, 0.15) is 44.4 Å². The van der Waals surface area contributed by atoms with Crippen LogP contribution in [-0.2, 0) is 15.1 Å². The Balaban J connectivity index is 1.72. The number of carbonyl (C=O) groups excluding carboxylic acids is 2. The topological polar surface area (TPSA) is 85.9 Å². The molecular weight excluding hydrogens is 384 g/mol. The van der Waals surface area contributed by atoms with E-state index in [1.54, 1.807) is 19.2 Å². The van der Waals surface area contributed by atoms with Crippen molar-refractivity contribution in [3.05, 3.63) is 53.6 Å². The molecule has 7 nitrogen and oxygen atoms in total. The van der Waals surface area contributed by atoms with Crippen LogP contribution in [-0.4, -0.2) is 32.1 Å². The molecule has 1 unspecified atom stereocenters. The van der Waals surface area contributed by atoms with Crippen molar-refractivity contribution < 1.29 is 23.8 Å². The third kappa shape index (κ3) is 5.23. The van der Waals surface area contributed by atoms with Crippen molar-refractivity contribution in [2.75, 3.05) is 20.3 Å². The lowest BCUT2D eigenvalue weighted by Gasteiger charge is -2.29. The lowest BCUT2D eigenvalue weighted by Crippen LogP contribution is -2.42. The summed E-state index contributed by atoms with van der Waals surface area (Å²) < 4.78 is 16.4. The van der Waals surface area contributed by atoms with Gasteiger partial charge in [0.05, 0.1) is 25.1 Å². The number of methoxy groups -OCH3 is 1. The molecule has 1 aliphatic rings. The molecule has 2 aromatic carbocycles. The molecule has 0 aromatic heterocycles. The van der Waals surface area contributed by atoms with Gasteiger partial charge in [0.2, 0.25) is 11.8 Å². The molecule has 0 spiro atoms. The van der Waals surface area contributed by atoms with Crippen molar-refractivity contribution in [3.8, 4) is 17.2 Å². The predicted octanol–water partition coefficient (Wildman–Crippen LogP) is 3.09. The van der Waals surface area contributed by atoms with Crippen molar-refractivity contribution in [2.45, 2.75) is 38.8 Å². The van der Waals surface area contributed by atoms with E-state index in [-0.39, 0.29) is 18.2 Å². The Bertz CT molecular complexity index is 908. The summed E-state index contributed by atoms with van der Waals surface area (Å²) in [5.74, 6) is 1.72. The van der Waals surface area contributed by atoms with Crippen molar-refractivity contribution in [1.29, 1.82) is 0 Å². The maximum absolute atomic E-state index is 12.9. The lowest BCUT2D eigenvalue weighted by atomic mass is 9.93. The number of hydrogen-bond donors (Lipinski definition) is 2. The highest BCUT2D eigenvalue weighted by atomic mass is 16.6. The Hall–Kier alpha value is -3.22. The molecule has 1 aliphatic heterocycles. The van der Waals surface area contributed by atoms with Gasteiger partial charge in [0.25, 0.3) is 0 Å². The molecule has 2 amide bonds. The SMILES string of the molecule is COc1ccc(C(CC(=O)NC(C)(C)c2ccc3c(c2)OCCO3)NC(C)=O)cc1. The van der Waals surface area contributed by atoms with Crippen LogP contribution in [0.5, 0.6) is 17.2 Å². The quantitative estimate of drug-likeness (QED) is 0.730. The van der Waals surface area contributed by atoms with E-state index in [4.69, 9.17) is 14.2 Å². The van der Waals surface area contributed by atoms with Crippen LogP contribution in [0.4, 0.5) is 0 Å². The fraction of sp³-hybridized carbons (Fsp3) is 0.391. The van der Waals surface area contributed by atoms with E-state index in [0.29, 0.717) is 30.5 Å². The molecule has 0 bridgehead atoms. The molecule has 0 saturated heterocycles. The zero-order valence-corrected chi connectivity index (χ0v) is 17.8. The average Bonchev–Trinajstić information content (AvgIpc) is 2.72. The van der Waals surface area contributed by atoms with Gasteiger partial charge in [-0.1, -0.05) is 18.2 Å². The van der Waals surface area contributed by atoms with E-state index < -0.39 is 11.6 Å². The molecule has 1 atom stereocenters. The molecule has 2 aromatic rings. The van der Waals surface area contributed by atoms with E-state index in [0.717, 1.165) is 11.1 Å². The van der Waals surface area contributed by atoms with Crippen LogP contribution < -0.4 is 24.8 Å². The number of fused-ring (bicyclic) bond motifs is 1. The van der Waals surface area contributed by atoms with E-state index in [1.165, 1.54) is 6.92 Å². The normalized spacial score (nSPS) is 13.9. The first-order valence-corrected chi connectivity index (χ1v) is 9.90. The second-order valence-corrected chi connectivity index (χ2v) is 7.76. The molecule has 30 heavy (non-hydrogen) atoms. The second-order valence-electron chi connectivity index (χ2n) is 7.76. The predicted molar refractivity (Wildman–Crippen MR) is 113 cm³/mol. The molecule has 3 rings (SSSR count). The minimum atomic E-state index is -0.631. The molecule has 0 aliphatic carbocycles. The molecule has 160 valence electrons. The van der Waals surface area contributed by atoms with Gasteiger partial charge in [-0.25, -0.2) is 0 Å². The molecule has 0 fully saturated rings. The Kier molecular flexibility index (Phi) is 6.50. The molecule has 0 radical (unpaired) electrons. The Morgan fingerprint density at radius 2 is 1.73 bits per heavy atom. The van der Waals surface area contributed by atoms with Crippen LogP contribution in [0, 0.1) is 0 Å². The highest BCUT2D eigenvalue weighted by molar-refractivity contribution is 5.80. The highest BCUT2D eigenvalue weighted by Gasteiger charge is 2.27. The Morgan fingerprint density at radius 1 is 1.07 bits per heavy atom. The summed E-state index contributed by atoms with van der Waals surface area (Å²) in [5.41, 5.74) is 1.10. The first-order valence-electron chi connectivity index (χ1n) is 9.90. The van der Waals surface area contributed by atoms with Crippen molar-refractivity contribution in [1.82, 2.24) is 10.6 Å². The van der Waals surface area contributed by atoms with Gasteiger partial charge in [-0.2, -0.15) is 0 Å². The van der Waals surface area contributed by atoms with Gasteiger partial charge in [-0.15, -0.1) is 0 Å². The number of carbonyl (C=O) groups is 2. The highest BCUT2D eigenvalue weighted by Crippen LogP contribution is 2.34. The summed E-state index contributed by atoms with van der Waals surface area (Å²) in [4.78, 5) is 24.5. The summed E-state index contributed by atoms with van der Waals surface area (Å²) in [6.45, 7) is 6.33. The summed E-state index contributed by atoms with van der Waals surface area (Å²) in [6.07, 6.45) is 0.111.